The summed E-state index contributed by atoms with van der Waals surface area (Å²) >= 11 is 1.90. The third-order valence-corrected chi connectivity index (χ3v) is 7.86. The summed E-state index contributed by atoms with van der Waals surface area (Å²) in [7, 11) is 0. The summed E-state index contributed by atoms with van der Waals surface area (Å²) in [6, 6.07) is 18.1. The van der Waals surface area contributed by atoms with Gasteiger partial charge < -0.3 is 9.47 Å². The van der Waals surface area contributed by atoms with Gasteiger partial charge >= 0.3 is 0 Å². The van der Waals surface area contributed by atoms with Crippen LogP contribution in [-0.4, -0.2) is 31.4 Å². The molecule has 3 atom stereocenters. The van der Waals surface area contributed by atoms with Crippen LogP contribution in [0, 0.1) is 13.8 Å². The van der Waals surface area contributed by atoms with Crippen LogP contribution in [0.15, 0.2) is 59.7 Å². The Morgan fingerprint density at radius 3 is 2.61 bits per heavy atom. The zero-order valence-electron chi connectivity index (χ0n) is 18.7. The molecule has 0 amide bonds. The first-order valence-corrected chi connectivity index (χ1v) is 12.3. The van der Waals surface area contributed by atoms with Crippen molar-refractivity contribution in [2.45, 2.75) is 58.7 Å². The maximum absolute atomic E-state index is 5.20. The summed E-state index contributed by atoms with van der Waals surface area (Å²) in [4.78, 5) is 12.5. The highest BCUT2D eigenvalue weighted by molar-refractivity contribution is 8.14. The number of hydrogen-bond donors (Lipinski definition) is 0. The summed E-state index contributed by atoms with van der Waals surface area (Å²) < 4.78 is 2.44. The van der Waals surface area contributed by atoms with E-state index in [1.807, 2.05) is 24.0 Å². The molecule has 4 heterocycles. The van der Waals surface area contributed by atoms with Crippen molar-refractivity contribution in [2.24, 2.45) is 4.99 Å². The second-order valence-corrected chi connectivity index (χ2v) is 9.47. The van der Waals surface area contributed by atoms with Crippen LogP contribution in [-0.2, 0) is 6.42 Å². The summed E-state index contributed by atoms with van der Waals surface area (Å²) in [5, 5.41) is 1.19. The average molecular weight is 431 g/mol. The van der Waals surface area contributed by atoms with Gasteiger partial charge in [-0.25, -0.2) is 0 Å². The number of pyridine rings is 1. The second-order valence-electron chi connectivity index (χ2n) is 8.48. The lowest BCUT2D eigenvalue weighted by Gasteiger charge is -2.32. The van der Waals surface area contributed by atoms with Crippen molar-refractivity contribution in [1.82, 2.24) is 14.5 Å². The van der Waals surface area contributed by atoms with E-state index in [0.29, 0.717) is 6.04 Å². The first-order valence-electron chi connectivity index (χ1n) is 11.3. The molecule has 3 aromatic rings. The first kappa shape index (κ1) is 20.4. The largest absolute Gasteiger partial charge is 0.338 e. The van der Waals surface area contributed by atoms with Crippen LogP contribution >= 0.6 is 11.8 Å². The standard InChI is InChI=1S/C26H30N4S/c1-5-19-11-7-8-13-23(19)29-17(3)15-21(18(29)4)25-24(22-12-9-10-14-27-22)28-26-30(25)20(6-2)16-31-26/h7-15,20,24-25H,5-6,16H2,1-4H3/t20-,24-,25+/m1/s1. The Hall–Kier alpha value is -2.53. The molecule has 4 nitrogen and oxygen atoms in total. The Labute approximate surface area is 189 Å². The second kappa shape index (κ2) is 8.19. The van der Waals surface area contributed by atoms with E-state index in [9.17, 15) is 0 Å². The van der Waals surface area contributed by atoms with Gasteiger partial charge in [-0.05, 0) is 62.1 Å². The fourth-order valence-corrected chi connectivity index (χ4v) is 6.51. The number of rotatable bonds is 5. The third kappa shape index (κ3) is 3.30. The van der Waals surface area contributed by atoms with Gasteiger partial charge in [-0.3, -0.25) is 9.98 Å². The molecule has 5 heteroatoms. The molecule has 0 bridgehead atoms. The molecule has 0 spiro atoms. The number of benzene rings is 1. The molecule has 0 saturated carbocycles. The minimum atomic E-state index is 0.0356. The van der Waals surface area contributed by atoms with Crippen molar-refractivity contribution in [3.05, 3.63) is 82.9 Å². The van der Waals surface area contributed by atoms with Crippen molar-refractivity contribution in [3.63, 3.8) is 0 Å². The number of para-hydroxylation sites is 1. The van der Waals surface area contributed by atoms with Gasteiger partial charge in [0.1, 0.15) is 6.04 Å². The lowest BCUT2D eigenvalue weighted by atomic mass is 9.95. The van der Waals surface area contributed by atoms with Crippen molar-refractivity contribution < 1.29 is 0 Å². The van der Waals surface area contributed by atoms with Gasteiger partial charge in [0.2, 0.25) is 0 Å². The van der Waals surface area contributed by atoms with Gasteiger partial charge in [-0.15, -0.1) is 0 Å². The molecule has 1 aromatic carbocycles. The number of aromatic nitrogens is 2. The average Bonchev–Trinajstić information content (AvgIpc) is 3.45. The third-order valence-electron chi connectivity index (χ3n) is 6.73. The number of hydrogen-bond acceptors (Lipinski definition) is 4. The maximum atomic E-state index is 5.20. The van der Waals surface area contributed by atoms with E-state index in [0.717, 1.165) is 24.3 Å². The van der Waals surface area contributed by atoms with Crippen molar-refractivity contribution >= 4 is 16.9 Å². The number of aliphatic imine (C=N–C) groups is 1. The molecular formula is C26H30N4S. The number of amidine groups is 1. The zero-order valence-corrected chi connectivity index (χ0v) is 19.6. The molecule has 5 rings (SSSR count). The number of thioether (sulfide) groups is 1. The number of fused-ring (bicyclic) bond motifs is 1. The Morgan fingerprint density at radius 1 is 1.06 bits per heavy atom. The van der Waals surface area contributed by atoms with Gasteiger partial charge in [0.25, 0.3) is 0 Å². The Balaban J connectivity index is 1.65. The smallest absolute Gasteiger partial charge is 0.160 e. The van der Waals surface area contributed by atoms with E-state index in [1.54, 1.807) is 0 Å². The molecular weight excluding hydrogens is 400 g/mol. The topological polar surface area (TPSA) is 33.4 Å². The predicted molar refractivity (Wildman–Crippen MR) is 130 cm³/mol. The number of nitrogens with zero attached hydrogens (tertiary/aromatic N) is 4. The van der Waals surface area contributed by atoms with E-state index < -0.39 is 0 Å². The van der Waals surface area contributed by atoms with E-state index in [4.69, 9.17) is 9.98 Å². The highest BCUT2D eigenvalue weighted by atomic mass is 32.2. The van der Waals surface area contributed by atoms with E-state index >= 15 is 0 Å². The molecule has 0 aliphatic carbocycles. The summed E-state index contributed by atoms with van der Waals surface area (Å²) in [5.41, 5.74) is 7.70. The molecule has 2 aliphatic rings. The maximum Gasteiger partial charge on any atom is 0.160 e. The molecule has 1 fully saturated rings. The fourth-order valence-electron chi connectivity index (χ4n) is 5.17. The zero-order chi connectivity index (χ0) is 21.5. The normalized spacial score (nSPS) is 22.6. The SMILES string of the molecule is CCc1ccccc1-n1c(C)cc([C@H]2[C@@H](c3ccccn3)N=C3SC[C@@H](CC)N32)c1C. The molecule has 160 valence electrons. The van der Waals surface area contributed by atoms with Crippen LogP contribution in [0.3, 0.4) is 0 Å². The molecule has 0 radical (unpaired) electrons. The Morgan fingerprint density at radius 2 is 1.87 bits per heavy atom. The predicted octanol–water partition coefficient (Wildman–Crippen LogP) is 6.03. The molecule has 2 aliphatic heterocycles. The Bertz CT molecular complexity index is 1120. The van der Waals surface area contributed by atoms with Crippen molar-refractivity contribution in [1.29, 1.82) is 0 Å². The van der Waals surface area contributed by atoms with Crippen LogP contribution in [0.2, 0.25) is 0 Å². The molecule has 2 aromatic heterocycles. The quantitative estimate of drug-likeness (QED) is 0.495. The molecule has 1 saturated heterocycles. The summed E-state index contributed by atoms with van der Waals surface area (Å²) in [6.07, 6.45) is 4.05. The van der Waals surface area contributed by atoms with E-state index in [-0.39, 0.29) is 12.1 Å². The molecule has 31 heavy (non-hydrogen) atoms. The van der Waals surface area contributed by atoms with Crippen LogP contribution < -0.4 is 0 Å². The minimum Gasteiger partial charge on any atom is -0.338 e. The minimum absolute atomic E-state index is 0.0356. The lowest BCUT2D eigenvalue weighted by Crippen LogP contribution is -2.35. The van der Waals surface area contributed by atoms with Gasteiger partial charge in [0, 0.05) is 35.1 Å². The molecule has 0 unspecified atom stereocenters. The van der Waals surface area contributed by atoms with Crippen LogP contribution in [0.25, 0.3) is 5.69 Å². The fraction of sp³-hybridized carbons (Fsp3) is 0.385. The highest BCUT2D eigenvalue weighted by Gasteiger charge is 2.46. The first-order chi connectivity index (χ1) is 15.1. The van der Waals surface area contributed by atoms with Gasteiger partial charge in [-0.1, -0.05) is 49.9 Å². The van der Waals surface area contributed by atoms with Crippen molar-refractivity contribution in [3.8, 4) is 5.69 Å². The van der Waals surface area contributed by atoms with Crippen LogP contribution in [0.4, 0.5) is 0 Å². The van der Waals surface area contributed by atoms with E-state index in [2.05, 4.69) is 79.6 Å². The number of aryl methyl sites for hydroxylation is 2. The van der Waals surface area contributed by atoms with Gasteiger partial charge in [0.05, 0.1) is 11.7 Å². The van der Waals surface area contributed by atoms with Crippen molar-refractivity contribution in [2.75, 3.05) is 5.75 Å². The Kier molecular flexibility index (Phi) is 5.39. The van der Waals surface area contributed by atoms with Crippen LogP contribution in [0.1, 0.15) is 60.6 Å². The van der Waals surface area contributed by atoms with Gasteiger partial charge in [-0.2, -0.15) is 0 Å². The van der Waals surface area contributed by atoms with Gasteiger partial charge in [0.15, 0.2) is 5.17 Å². The monoisotopic (exact) mass is 430 g/mol. The highest BCUT2D eigenvalue weighted by Crippen LogP contribution is 2.49. The summed E-state index contributed by atoms with van der Waals surface area (Å²) in [6.45, 7) is 9.02. The molecule has 0 N–H and O–H groups in total. The summed E-state index contributed by atoms with van der Waals surface area (Å²) in [5.74, 6) is 1.12. The lowest BCUT2D eigenvalue weighted by molar-refractivity contribution is 0.254. The van der Waals surface area contributed by atoms with Crippen LogP contribution in [0.5, 0.6) is 0 Å². The van der Waals surface area contributed by atoms with E-state index in [1.165, 1.54) is 33.4 Å².